The Morgan fingerprint density at radius 1 is 1.38 bits per heavy atom. The number of rotatable bonds is 7. The van der Waals surface area contributed by atoms with Crippen molar-refractivity contribution in [3.8, 4) is 0 Å². The van der Waals surface area contributed by atoms with E-state index in [1.807, 2.05) is 45.0 Å². The SMILES string of the molecule is CC(CCCO)NC(=O)N(Cc1cccc(Cl)c1)C(C)C. The third-order valence-corrected chi connectivity index (χ3v) is 3.53. The molecular weight excluding hydrogens is 288 g/mol. The lowest BCUT2D eigenvalue weighted by Gasteiger charge is -2.29. The van der Waals surface area contributed by atoms with Gasteiger partial charge in [0.2, 0.25) is 0 Å². The summed E-state index contributed by atoms with van der Waals surface area (Å²) in [6, 6.07) is 7.60. The Hall–Kier alpha value is -1.26. The molecule has 1 aromatic rings. The standard InChI is InChI=1S/C16H25ClN2O2/c1-12(2)19(11-14-7-4-8-15(17)10-14)16(21)18-13(3)6-5-9-20/h4,7-8,10,12-13,20H,5-6,9,11H2,1-3H3,(H,18,21). The number of nitrogens with one attached hydrogen (secondary N) is 1. The molecule has 0 radical (unpaired) electrons. The number of hydrogen-bond donors (Lipinski definition) is 2. The Morgan fingerprint density at radius 2 is 2.10 bits per heavy atom. The second-order valence-corrected chi connectivity index (χ2v) is 6.00. The quantitative estimate of drug-likeness (QED) is 0.810. The van der Waals surface area contributed by atoms with E-state index < -0.39 is 0 Å². The van der Waals surface area contributed by atoms with E-state index >= 15 is 0 Å². The lowest BCUT2D eigenvalue weighted by atomic mass is 10.2. The number of benzene rings is 1. The number of aliphatic hydroxyl groups excluding tert-OH is 1. The molecule has 0 aromatic heterocycles. The van der Waals surface area contributed by atoms with Gasteiger partial charge < -0.3 is 15.3 Å². The van der Waals surface area contributed by atoms with Crippen LogP contribution in [0.15, 0.2) is 24.3 Å². The van der Waals surface area contributed by atoms with Crippen LogP contribution in [-0.2, 0) is 6.54 Å². The molecule has 1 unspecified atom stereocenters. The van der Waals surface area contributed by atoms with Gasteiger partial charge in [-0.1, -0.05) is 23.7 Å². The summed E-state index contributed by atoms with van der Waals surface area (Å²) in [4.78, 5) is 14.1. The Balaban J connectivity index is 2.66. The zero-order chi connectivity index (χ0) is 15.8. The van der Waals surface area contributed by atoms with Crippen molar-refractivity contribution in [2.24, 2.45) is 0 Å². The molecular formula is C16H25ClN2O2. The van der Waals surface area contributed by atoms with Gasteiger partial charge in [0.05, 0.1) is 0 Å². The van der Waals surface area contributed by atoms with Crippen molar-refractivity contribution in [2.75, 3.05) is 6.61 Å². The molecule has 0 spiro atoms. The number of carbonyl (C=O) groups excluding carboxylic acids is 1. The Kier molecular flexibility index (Phi) is 7.54. The summed E-state index contributed by atoms with van der Waals surface area (Å²) in [6.45, 7) is 6.60. The number of carbonyl (C=O) groups is 1. The minimum Gasteiger partial charge on any atom is -0.396 e. The van der Waals surface area contributed by atoms with Gasteiger partial charge in [-0.2, -0.15) is 0 Å². The van der Waals surface area contributed by atoms with Gasteiger partial charge in [-0.05, 0) is 51.3 Å². The molecule has 1 aromatic carbocycles. The van der Waals surface area contributed by atoms with Crippen LogP contribution in [0.4, 0.5) is 4.79 Å². The van der Waals surface area contributed by atoms with Crippen molar-refractivity contribution in [3.05, 3.63) is 34.9 Å². The monoisotopic (exact) mass is 312 g/mol. The molecule has 0 aliphatic carbocycles. The van der Waals surface area contributed by atoms with Gasteiger partial charge in [-0.3, -0.25) is 0 Å². The molecule has 0 aliphatic heterocycles. The van der Waals surface area contributed by atoms with Crippen molar-refractivity contribution in [3.63, 3.8) is 0 Å². The molecule has 1 atom stereocenters. The maximum Gasteiger partial charge on any atom is 0.318 e. The fourth-order valence-electron chi connectivity index (χ4n) is 2.08. The molecule has 4 nitrogen and oxygen atoms in total. The minimum atomic E-state index is -0.0876. The fourth-order valence-corrected chi connectivity index (χ4v) is 2.30. The van der Waals surface area contributed by atoms with Crippen LogP contribution < -0.4 is 5.32 Å². The smallest absolute Gasteiger partial charge is 0.318 e. The minimum absolute atomic E-state index is 0.0465. The van der Waals surface area contributed by atoms with Crippen molar-refractivity contribution in [1.82, 2.24) is 10.2 Å². The number of amides is 2. The first-order chi connectivity index (χ1) is 9.93. The average Bonchev–Trinajstić information content (AvgIpc) is 2.42. The van der Waals surface area contributed by atoms with Crippen LogP contribution in [-0.4, -0.2) is 34.7 Å². The summed E-state index contributed by atoms with van der Waals surface area (Å²) < 4.78 is 0. The Morgan fingerprint density at radius 3 is 2.67 bits per heavy atom. The lowest BCUT2D eigenvalue weighted by Crippen LogP contribution is -2.46. The van der Waals surface area contributed by atoms with Gasteiger partial charge >= 0.3 is 6.03 Å². The van der Waals surface area contributed by atoms with Crippen LogP contribution in [0.2, 0.25) is 5.02 Å². The second kappa shape index (κ2) is 8.90. The van der Waals surface area contributed by atoms with Gasteiger partial charge in [0, 0.05) is 30.3 Å². The van der Waals surface area contributed by atoms with Gasteiger partial charge in [-0.15, -0.1) is 0 Å². The molecule has 0 bridgehead atoms. The zero-order valence-corrected chi connectivity index (χ0v) is 13.7. The van der Waals surface area contributed by atoms with Crippen LogP contribution in [0, 0.1) is 0 Å². The van der Waals surface area contributed by atoms with E-state index in [4.69, 9.17) is 16.7 Å². The Bertz CT molecular complexity index is 452. The molecule has 0 heterocycles. The molecule has 5 heteroatoms. The van der Waals surface area contributed by atoms with Crippen LogP contribution in [0.25, 0.3) is 0 Å². The largest absolute Gasteiger partial charge is 0.396 e. The lowest BCUT2D eigenvalue weighted by molar-refractivity contribution is 0.175. The van der Waals surface area contributed by atoms with Gasteiger partial charge in [0.25, 0.3) is 0 Å². The summed E-state index contributed by atoms with van der Waals surface area (Å²) in [5.74, 6) is 0. The highest BCUT2D eigenvalue weighted by atomic mass is 35.5. The maximum absolute atomic E-state index is 12.4. The van der Waals surface area contributed by atoms with E-state index in [0.29, 0.717) is 18.0 Å². The van der Waals surface area contributed by atoms with E-state index in [-0.39, 0.29) is 24.7 Å². The van der Waals surface area contributed by atoms with Crippen molar-refractivity contribution < 1.29 is 9.90 Å². The van der Waals surface area contributed by atoms with Gasteiger partial charge in [0.15, 0.2) is 0 Å². The molecule has 0 fully saturated rings. The fraction of sp³-hybridized carbons (Fsp3) is 0.562. The summed E-state index contributed by atoms with van der Waals surface area (Å²) in [6.07, 6.45) is 1.46. The van der Waals surface area contributed by atoms with E-state index in [1.165, 1.54) is 0 Å². The maximum atomic E-state index is 12.4. The number of urea groups is 1. The highest BCUT2D eigenvalue weighted by Crippen LogP contribution is 2.14. The molecule has 21 heavy (non-hydrogen) atoms. The normalized spacial score (nSPS) is 12.3. The predicted molar refractivity (Wildman–Crippen MR) is 86.4 cm³/mol. The van der Waals surface area contributed by atoms with Gasteiger partial charge in [-0.25, -0.2) is 4.79 Å². The highest BCUT2D eigenvalue weighted by Gasteiger charge is 2.18. The first kappa shape index (κ1) is 17.8. The van der Waals surface area contributed by atoms with Crippen LogP contribution in [0.3, 0.4) is 0 Å². The third-order valence-electron chi connectivity index (χ3n) is 3.29. The number of hydrogen-bond acceptors (Lipinski definition) is 2. The van der Waals surface area contributed by atoms with Crippen molar-refractivity contribution >= 4 is 17.6 Å². The molecule has 118 valence electrons. The van der Waals surface area contributed by atoms with E-state index in [0.717, 1.165) is 12.0 Å². The first-order valence-electron chi connectivity index (χ1n) is 7.36. The third kappa shape index (κ3) is 6.36. The molecule has 2 N–H and O–H groups in total. The first-order valence-corrected chi connectivity index (χ1v) is 7.74. The zero-order valence-electron chi connectivity index (χ0n) is 13.0. The molecule has 0 saturated carbocycles. The van der Waals surface area contributed by atoms with Crippen LogP contribution >= 0.6 is 11.6 Å². The summed E-state index contributed by atoms with van der Waals surface area (Å²) in [7, 11) is 0. The molecule has 0 aliphatic rings. The average molecular weight is 313 g/mol. The highest BCUT2D eigenvalue weighted by molar-refractivity contribution is 6.30. The number of aliphatic hydroxyl groups is 1. The molecule has 1 rings (SSSR count). The van der Waals surface area contributed by atoms with E-state index in [9.17, 15) is 4.79 Å². The topological polar surface area (TPSA) is 52.6 Å². The summed E-state index contributed by atoms with van der Waals surface area (Å²) >= 11 is 5.99. The van der Waals surface area contributed by atoms with Crippen LogP contribution in [0.5, 0.6) is 0 Å². The van der Waals surface area contributed by atoms with Crippen molar-refractivity contribution in [2.45, 2.75) is 52.2 Å². The second-order valence-electron chi connectivity index (χ2n) is 5.57. The van der Waals surface area contributed by atoms with E-state index in [1.54, 1.807) is 4.90 Å². The number of halogens is 1. The van der Waals surface area contributed by atoms with Crippen LogP contribution in [0.1, 0.15) is 39.2 Å². The summed E-state index contributed by atoms with van der Waals surface area (Å²) in [5, 5.41) is 12.5. The summed E-state index contributed by atoms with van der Waals surface area (Å²) in [5.41, 5.74) is 1.01. The molecule has 2 amide bonds. The van der Waals surface area contributed by atoms with E-state index in [2.05, 4.69) is 5.32 Å². The number of nitrogens with zero attached hydrogens (tertiary/aromatic N) is 1. The van der Waals surface area contributed by atoms with Gasteiger partial charge in [0.1, 0.15) is 0 Å². The Labute approximate surface area is 132 Å². The predicted octanol–water partition coefficient (Wildman–Crippen LogP) is 3.42. The van der Waals surface area contributed by atoms with Crippen molar-refractivity contribution in [1.29, 1.82) is 0 Å². The molecule has 0 saturated heterocycles.